The molecule has 16 heavy (non-hydrogen) atoms. The first-order valence-electron chi connectivity index (χ1n) is 5.30. The summed E-state index contributed by atoms with van der Waals surface area (Å²) in [7, 11) is 0. The van der Waals surface area contributed by atoms with Gasteiger partial charge in [-0.2, -0.15) is 0 Å². The van der Waals surface area contributed by atoms with Crippen molar-refractivity contribution in [2.24, 2.45) is 5.73 Å². The van der Waals surface area contributed by atoms with Gasteiger partial charge in [-0.05, 0) is 30.2 Å². The Kier molecular flexibility index (Phi) is 3.65. The van der Waals surface area contributed by atoms with Crippen LogP contribution in [0.5, 0.6) is 0 Å². The molecule has 1 aromatic carbocycles. The summed E-state index contributed by atoms with van der Waals surface area (Å²) in [5, 5.41) is 0.731. The third-order valence-electron chi connectivity index (χ3n) is 2.59. The number of nitrogens with two attached hydrogens (primary N) is 1. The standard InChI is InChI=1S/C13H14ClNO/c14-12-6-2-1-5-11(12)13(15)8-7-10-4-3-9-16-10/h1-6,9,13H,7-8,15H2. The van der Waals surface area contributed by atoms with Gasteiger partial charge in [0, 0.05) is 17.5 Å². The van der Waals surface area contributed by atoms with Gasteiger partial charge in [-0.1, -0.05) is 29.8 Å². The first kappa shape index (κ1) is 11.2. The highest BCUT2D eigenvalue weighted by Crippen LogP contribution is 2.24. The number of rotatable bonds is 4. The largest absolute Gasteiger partial charge is 0.469 e. The Morgan fingerprint density at radius 2 is 2.00 bits per heavy atom. The van der Waals surface area contributed by atoms with Crippen LogP contribution < -0.4 is 5.73 Å². The lowest BCUT2D eigenvalue weighted by Crippen LogP contribution is -2.11. The number of hydrogen-bond donors (Lipinski definition) is 1. The summed E-state index contributed by atoms with van der Waals surface area (Å²) < 4.78 is 5.26. The molecule has 0 bridgehead atoms. The molecule has 0 amide bonds. The summed E-state index contributed by atoms with van der Waals surface area (Å²) in [4.78, 5) is 0. The van der Waals surface area contributed by atoms with Crippen LogP contribution in [0.25, 0.3) is 0 Å². The van der Waals surface area contributed by atoms with E-state index in [1.54, 1.807) is 6.26 Å². The monoisotopic (exact) mass is 235 g/mol. The van der Waals surface area contributed by atoms with Gasteiger partial charge in [-0.3, -0.25) is 0 Å². The maximum absolute atomic E-state index is 6.09. The first-order chi connectivity index (χ1) is 7.77. The fraction of sp³-hybridized carbons (Fsp3) is 0.231. The van der Waals surface area contributed by atoms with Gasteiger partial charge < -0.3 is 10.2 Å². The second kappa shape index (κ2) is 5.19. The third-order valence-corrected chi connectivity index (χ3v) is 2.93. The Hall–Kier alpha value is -1.25. The van der Waals surface area contributed by atoms with E-state index in [9.17, 15) is 0 Å². The number of aryl methyl sites for hydroxylation is 1. The van der Waals surface area contributed by atoms with Crippen LogP contribution in [0.3, 0.4) is 0 Å². The van der Waals surface area contributed by atoms with Gasteiger partial charge in [0.05, 0.1) is 6.26 Å². The zero-order chi connectivity index (χ0) is 11.4. The second-order valence-electron chi connectivity index (χ2n) is 3.75. The Labute approximate surface area is 100 Å². The molecule has 0 fully saturated rings. The van der Waals surface area contributed by atoms with Crippen LogP contribution in [0.15, 0.2) is 47.1 Å². The van der Waals surface area contributed by atoms with Crippen LogP contribution in [0, 0.1) is 0 Å². The molecule has 0 saturated heterocycles. The van der Waals surface area contributed by atoms with Crippen molar-refractivity contribution in [2.45, 2.75) is 18.9 Å². The Bertz CT molecular complexity index is 439. The van der Waals surface area contributed by atoms with Crippen LogP contribution in [-0.4, -0.2) is 0 Å². The van der Waals surface area contributed by atoms with E-state index in [0.717, 1.165) is 29.2 Å². The molecule has 0 spiro atoms. The smallest absolute Gasteiger partial charge is 0.103 e. The van der Waals surface area contributed by atoms with Crippen molar-refractivity contribution in [3.8, 4) is 0 Å². The zero-order valence-electron chi connectivity index (χ0n) is 8.90. The van der Waals surface area contributed by atoms with E-state index >= 15 is 0 Å². The summed E-state index contributed by atoms with van der Waals surface area (Å²) in [6.45, 7) is 0. The van der Waals surface area contributed by atoms with Gasteiger partial charge in [0.15, 0.2) is 0 Å². The molecule has 2 nitrogen and oxygen atoms in total. The highest BCUT2D eigenvalue weighted by atomic mass is 35.5. The first-order valence-corrected chi connectivity index (χ1v) is 5.67. The molecule has 0 aliphatic rings. The molecular weight excluding hydrogens is 222 g/mol. The van der Waals surface area contributed by atoms with Crippen molar-refractivity contribution >= 4 is 11.6 Å². The van der Waals surface area contributed by atoms with Crippen LogP contribution in [-0.2, 0) is 6.42 Å². The van der Waals surface area contributed by atoms with Gasteiger partial charge in [-0.15, -0.1) is 0 Å². The number of benzene rings is 1. The normalized spacial score (nSPS) is 12.6. The molecule has 1 aromatic heterocycles. The maximum atomic E-state index is 6.09. The molecule has 2 N–H and O–H groups in total. The summed E-state index contributed by atoms with van der Waals surface area (Å²) in [5.41, 5.74) is 7.08. The minimum Gasteiger partial charge on any atom is -0.469 e. The minimum absolute atomic E-state index is 0.0428. The predicted octanol–water partition coefficient (Wildman–Crippen LogP) is 3.57. The number of halogens is 1. The maximum Gasteiger partial charge on any atom is 0.103 e. The summed E-state index contributed by atoms with van der Waals surface area (Å²) >= 11 is 6.08. The predicted molar refractivity (Wildman–Crippen MR) is 65.4 cm³/mol. The van der Waals surface area contributed by atoms with Crippen molar-refractivity contribution < 1.29 is 4.42 Å². The van der Waals surface area contributed by atoms with Crippen LogP contribution in [0.2, 0.25) is 5.02 Å². The summed E-state index contributed by atoms with van der Waals surface area (Å²) in [6.07, 6.45) is 3.34. The quantitative estimate of drug-likeness (QED) is 0.880. The number of furan rings is 1. The van der Waals surface area contributed by atoms with Crippen molar-refractivity contribution in [3.05, 3.63) is 59.0 Å². The van der Waals surface area contributed by atoms with E-state index in [2.05, 4.69) is 0 Å². The zero-order valence-corrected chi connectivity index (χ0v) is 9.65. The molecule has 1 atom stereocenters. The molecule has 0 radical (unpaired) electrons. The molecule has 0 aliphatic carbocycles. The van der Waals surface area contributed by atoms with Gasteiger partial charge in [0.2, 0.25) is 0 Å². The van der Waals surface area contributed by atoms with Gasteiger partial charge in [-0.25, -0.2) is 0 Å². The third kappa shape index (κ3) is 2.65. The van der Waals surface area contributed by atoms with E-state index in [1.807, 2.05) is 36.4 Å². The molecule has 3 heteroatoms. The fourth-order valence-electron chi connectivity index (χ4n) is 1.68. The molecule has 2 aromatic rings. The Balaban J connectivity index is 1.98. The molecule has 1 unspecified atom stereocenters. The van der Waals surface area contributed by atoms with Crippen LogP contribution in [0.4, 0.5) is 0 Å². The van der Waals surface area contributed by atoms with Crippen molar-refractivity contribution in [1.82, 2.24) is 0 Å². The van der Waals surface area contributed by atoms with Gasteiger partial charge in [0.25, 0.3) is 0 Å². The average molecular weight is 236 g/mol. The minimum atomic E-state index is -0.0428. The van der Waals surface area contributed by atoms with Crippen molar-refractivity contribution in [1.29, 1.82) is 0 Å². The molecular formula is C13H14ClNO. The lowest BCUT2D eigenvalue weighted by atomic mass is 10.0. The molecule has 1 heterocycles. The summed E-state index contributed by atoms with van der Waals surface area (Å²) in [6, 6.07) is 11.5. The number of hydrogen-bond acceptors (Lipinski definition) is 2. The molecule has 0 saturated carbocycles. The molecule has 2 rings (SSSR count). The van der Waals surface area contributed by atoms with E-state index in [1.165, 1.54) is 0 Å². The van der Waals surface area contributed by atoms with E-state index in [4.69, 9.17) is 21.8 Å². The molecule has 0 aliphatic heterocycles. The second-order valence-corrected chi connectivity index (χ2v) is 4.15. The average Bonchev–Trinajstić information content (AvgIpc) is 2.79. The van der Waals surface area contributed by atoms with Crippen molar-refractivity contribution in [2.75, 3.05) is 0 Å². The topological polar surface area (TPSA) is 39.2 Å². The van der Waals surface area contributed by atoms with E-state index in [0.29, 0.717) is 0 Å². The molecule has 84 valence electrons. The lowest BCUT2D eigenvalue weighted by Gasteiger charge is -2.12. The van der Waals surface area contributed by atoms with E-state index < -0.39 is 0 Å². The van der Waals surface area contributed by atoms with E-state index in [-0.39, 0.29) is 6.04 Å². The highest BCUT2D eigenvalue weighted by molar-refractivity contribution is 6.31. The Morgan fingerprint density at radius 1 is 1.19 bits per heavy atom. The van der Waals surface area contributed by atoms with Gasteiger partial charge in [0.1, 0.15) is 5.76 Å². The lowest BCUT2D eigenvalue weighted by molar-refractivity contribution is 0.488. The van der Waals surface area contributed by atoms with Crippen LogP contribution >= 0.6 is 11.6 Å². The highest BCUT2D eigenvalue weighted by Gasteiger charge is 2.10. The summed E-state index contributed by atoms with van der Waals surface area (Å²) in [5.74, 6) is 0.961. The van der Waals surface area contributed by atoms with Crippen molar-refractivity contribution in [3.63, 3.8) is 0 Å². The van der Waals surface area contributed by atoms with Gasteiger partial charge >= 0.3 is 0 Å². The van der Waals surface area contributed by atoms with Crippen LogP contribution in [0.1, 0.15) is 23.8 Å². The SMILES string of the molecule is NC(CCc1ccco1)c1ccccc1Cl. The fourth-order valence-corrected chi connectivity index (χ4v) is 1.96. The Morgan fingerprint density at radius 3 is 2.69 bits per heavy atom.